The smallest absolute Gasteiger partial charge is 0.255 e. The summed E-state index contributed by atoms with van der Waals surface area (Å²) in [6.45, 7) is -0.428. The largest absolute Gasteiger partial charge is 0.493 e. The molecule has 0 saturated carbocycles. The Labute approximate surface area is 126 Å². The summed E-state index contributed by atoms with van der Waals surface area (Å²) in [4.78, 5) is 15.1. The Morgan fingerprint density at radius 3 is 3.00 bits per heavy atom. The summed E-state index contributed by atoms with van der Waals surface area (Å²) in [5.41, 5.74) is 6.70. The second-order valence-corrected chi connectivity index (χ2v) is 4.77. The first-order valence-corrected chi connectivity index (χ1v) is 6.89. The summed E-state index contributed by atoms with van der Waals surface area (Å²) in [5, 5.41) is 5.07. The fourth-order valence-corrected chi connectivity index (χ4v) is 2.12. The number of aliphatic imine (C=N–C) groups is 1. The molecular weight excluding hydrogens is 294 g/mol. The molecule has 8 heteroatoms. The van der Waals surface area contributed by atoms with Crippen LogP contribution >= 0.6 is 0 Å². The number of amides is 1. The zero-order valence-electron chi connectivity index (χ0n) is 11.9. The van der Waals surface area contributed by atoms with E-state index in [1.165, 1.54) is 0 Å². The van der Waals surface area contributed by atoms with Gasteiger partial charge in [-0.05, 0) is 6.07 Å². The number of fused-ring (bicyclic) bond motifs is 1. The van der Waals surface area contributed by atoms with Crippen molar-refractivity contribution in [2.75, 3.05) is 19.7 Å². The van der Waals surface area contributed by atoms with E-state index in [4.69, 9.17) is 10.5 Å². The first-order chi connectivity index (χ1) is 10.6. The Morgan fingerprint density at radius 1 is 1.45 bits per heavy atom. The SMILES string of the molecule is NC(=NCC(=O)NCC(F)F)NC1CCOc2ccccc21. The van der Waals surface area contributed by atoms with E-state index < -0.39 is 18.9 Å². The highest BCUT2D eigenvalue weighted by atomic mass is 19.3. The summed E-state index contributed by atoms with van der Waals surface area (Å²) in [6, 6.07) is 7.51. The van der Waals surface area contributed by atoms with Crippen molar-refractivity contribution in [1.29, 1.82) is 0 Å². The Balaban J connectivity index is 1.88. The van der Waals surface area contributed by atoms with Gasteiger partial charge in [-0.1, -0.05) is 18.2 Å². The van der Waals surface area contributed by atoms with Gasteiger partial charge in [-0.15, -0.1) is 0 Å². The van der Waals surface area contributed by atoms with E-state index in [1.54, 1.807) is 0 Å². The highest BCUT2D eigenvalue weighted by molar-refractivity contribution is 5.84. The van der Waals surface area contributed by atoms with Crippen LogP contribution in [0.15, 0.2) is 29.3 Å². The molecule has 0 saturated heterocycles. The van der Waals surface area contributed by atoms with Crippen LogP contribution in [0.4, 0.5) is 8.78 Å². The van der Waals surface area contributed by atoms with Crippen molar-refractivity contribution in [1.82, 2.24) is 10.6 Å². The summed E-state index contributed by atoms with van der Waals surface area (Å²) < 4.78 is 29.4. The molecule has 1 aliphatic rings. The number of nitrogens with one attached hydrogen (secondary N) is 2. The number of para-hydroxylation sites is 1. The minimum Gasteiger partial charge on any atom is -0.493 e. The molecule has 1 aliphatic heterocycles. The van der Waals surface area contributed by atoms with Gasteiger partial charge in [-0.3, -0.25) is 4.79 Å². The summed E-state index contributed by atoms with van der Waals surface area (Å²) in [6.07, 6.45) is -1.87. The van der Waals surface area contributed by atoms with E-state index in [1.807, 2.05) is 24.3 Å². The number of guanidine groups is 1. The van der Waals surface area contributed by atoms with Gasteiger partial charge in [0.25, 0.3) is 6.43 Å². The molecule has 1 amide bonds. The number of hydrogen-bond donors (Lipinski definition) is 3. The van der Waals surface area contributed by atoms with Crippen molar-refractivity contribution in [3.63, 3.8) is 0 Å². The predicted octanol–water partition coefficient (Wildman–Crippen LogP) is 0.796. The molecule has 1 aromatic rings. The van der Waals surface area contributed by atoms with Crippen LogP contribution in [0.1, 0.15) is 18.0 Å². The predicted molar refractivity (Wildman–Crippen MR) is 77.9 cm³/mol. The van der Waals surface area contributed by atoms with Crippen molar-refractivity contribution < 1.29 is 18.3 Å². The minimum absolute atomic E-state index is 0.0576. The van der Waals surface area contributed by atoms with Crippen LogP contribution in [-0.2, 0) is 4.79 Å². The number of halogens is 2. The van der Waals surface area contributed by atoms with Gasteiger partial charge in [-0.25, -0.2) is 13.8 Å². The van der Waals surface area contributed by atoms with Crippen molar-refractivity contribution in [2.24, 2.45) is 10.7 Å². The molecule has 0 radical (unpaired) electrons. The lowest BCUT2D eigenvalue weighted by atomic mass is 10.0. The average molecular weight is 312 g/mol. The Kier molecular flexibility index (Phi) is 5.51. The number of carbonyl (C=O) groups excluding carboxylic acids is 1. The second kappa shape index (κ2) is 7.58. The van der Waals surface area contributed by atoms with Crippen molar-refractivity contribution in [2.45, 2.75) is 18.9 Å². The number of ether oxygens (including phenoxy) is 1. The molecule has 0 fully saturated rings. The van der Waals surface area contributed by atoms with Crippen LogP contribution in [0, 0.1) is 0 Å². The molecule has 1 unspecified atom stereocenters. The molecule has 0 aromatic heterocycles. The van der Waals surface area contributed by atoms with Crippen molar-refractivity contribution >= 4 is 11.9 Å². The molecule has 0 aliphatic carbocycles. The van der Waals surface area contributed by atoms with Gasteiger partial charge < -0.3 is 21.1 Å². The maximum atomic E-state index is 11.9. The van der Waals surface area contributed by atoms with Crippen LogP contribution in [0.3, 0.4) is 0 Å². The number of benzene rings is 1. The zero-order chi connectivity index (χ0) is 15.9. The lowest BCUT2D eigenvalue weighted by Gasteiger charge is -2.26. The Hall–Kier alpha value is -2.38. The number of hydrogen-bond acceptors (Lipinski definition) is 3. The van der Waals surface area contributed by atoms with Gasteiger partial charge in [0, 0.05) is 12.0 Å². The fraction of sp³-hybridized carbons (Fsp3) is 0.429. The maximum absolute atomic E-state index is 11.9. The normalized spacial score (nSPS) is 17.6. The monoisotopic (exact) mass is 312 g/mol. The molecule has 4 N–H and O–H groups in total. The average Bonchev–Trinajstić information content (AvgIpc) is 2.51. The van der Waals surface area contributed by atoms with Crippen molar-refractivity contribution in [3.8, 4) is 5.75 Å². The highest BCUT2D eigenvalue weighted by Crippen LogP contribution is 2.31. The van der Waals surface area contributed by atoms with Crippen LogP contribution in [0.5, 0.6) is 5.75 Å². The van der Waals surface area contributed by atoms with E-state index in [9.17, 15) is 13.6 Å². The number of nitrogens with zero attached hydrogens (tertiary/aromatic N) is 1. The Bertz CT molecular complexity index is 551. The minimum atomic E-state index is -2.58. The lowest BCUT2D eigenvalue weighted by molar-refractivity contribution is -0.120. The molecule has 1 heterocycles. The number of rotatable bonds is 5. The third-order valence-corrected chi connectivity index (χ3v) is 3.13. The molecule has 6 nitrogen and oxygen atoms in total. The molecule has 22 heavy (non-hydrogen) atoms. The van der Waals surface area contributed by atoms with E-state index in [-0.39, 0.29) is 18.5 Å². The van der Waals surface area contributed by atoms with Crippen molar-refractivity contribution in [3.05, 3.63) is 29.8 Å². The summed E-state index contributed by atoms with van der Waals surface area (Å²) in [5.74, 6) is 0.278. The molecular formula is C14H18F2N4O2. The van der Waals surface area contributed by atoms with Crippen LogP contribution in [0.25, 0.3) is 0 Å². The fourth-order valence-electron chi connectivity index (χ4n) is 2.12. The van der Waals surface area contributed by atoms with E-state index in [0.717, 1.165) is 11.3 Å². The van der Waals surface area contributed by atoms with Gasteiger partial charge in [-0.2, -0.15) is 0 Å². The molecule has 2 rings (SSSR count). The summed E-state index contributed by atoms with van der Waals surface area (Å²) in [7, 11) is 0. The number of alkyl halides is 2. The van der Waals surface area contributed by atoms with Gasteiger partial charge in [0.1, 0.15) is 12.3 Å². The molecule has 0 spiro atoms. The first-order valence-electron chi connectivity index (χ1n) is 6.89. The summed E-state index contributed by atoms with van der Waals surface area (Å²) >= 11 is 0. The first kappa shape index (κ1) is 16.0. The third-order valence-electron chi connectivity index (χ3n) is 3.13. The van der Waals surface area contributed by atoms with Crippen LogP contribution in [0.2, 0.25) is 0 Å². The standard InChI is InChI=1S/C14H18F2N4O2/c15-12(16)7-18-13(21)8-19-14(17)20-10-5-6-22-11-4-2-1-3-9(10)11/h1-4,10,12H,5-8H2,(H,18,21)(H3,17,19,20). The maximum Gasteiger partial charge on any atom is 0.255 e. The highest BCUT2D eigenvalue weighted by Gasteiger charge is 2.21. The Morgan fingerprint density at radius 2 is 2.23 bits per heavy atom. The van der Waals surface area contributed by atoms with Crippen LogP contribution in [-0.4, -0.2) is 38.0 Å². The topological polar surface area (TPSA) is 88.7 Å². The lowest BCUT2D eigenvalue weighted by Crippen LogP contribution is -2.38. The van der Waals surface area contributed by atoms with Gasteiger partial charge >= 0.3 is 0 Å². The quantitative estimate of drug-likeness (QED) is 0.554. The van der Waals surface area contributed by atoms with E-state index in [2.05, 4.69) is 15.6 Å². The molecule has 120 valence electrons. The third kappa shape index (κ3) is 4.57. The molecule has 0 bridgehead atoms. The second-order valence-electron chi connectivity index (χ2n) is 4.77. The number of carbonyl (C=O) groups is 1. The van der Waals surface area contributed by atoms with Gasteiger partial charge in [0.15, 0.2) is 5.96 Å². The zero-order valence-corrected chi connectivity index (χ0v) is 11.9. The van der Waals surface area contributed by atoms with Gasteiger partial charge in [0.2, 0.25) is 5.91 Å². The van der Waals surface area contributed by atoms with E-state index >= 15 is 0 Å². The molecule has 1 aromatic carbocycles. The van der Waals surface area contributed by atoms with Gasteiger partial charge in [0.05, 0.1) is 19.2 Å². The van der Waals surface area contributed by atoms with E-state index in [0.29, 0.717) is 13.0 Å². The molecule has 1 atom stereocenters. The van der Waals surface area contributed by atoms with Crippen LogP contribution < -0.4 is 21.1 Å². The number of nitrogens with two attached hydrogens (primary N) is 1.